The molecule has 20 heavy (non-hydrogen) atoms. The molecule has 1 aromatic rings. The molecule has 0 bridgehead atoms. The second-order valence-electron chi connectivity index (χ2n) is 5.94. The van der Waals surface area contributed by atoms with Gasteiger partial charge in [-0.3, -0.25) is 4.79 Å². The van der Waals surface area contributed by atoms with Crippen molar-refractivity contribution in [1.29, 1.82) is 0 Å². The third-order valence-electron chi connectivity index (χ3n) is 4.76. The van der Waals surface area contributed by atoms with Crippen LogP contribution < -0.4 is 5.32 Å². The summed E-state index contributed by atoms with van der Waals surface area (Å²) in [6.07, 6.45) is 8.00. The van der Waals surface area contributed by atoms with Crippen molar-refractivity contribution in [3.05, 3.63) is 24.0 Å². The van der Waals surface area contributed by atoms with Crippen LogP contribution in [0.5, 0.6) is 0 Å². The van der Waals surface area contributed by atoms with Gasteiger partial charge in [-0.15, -0.1) is 0 Å². The number of amides is 1. The Labute approximate surface area is 121 Å². The molecule has 3 heterocycles. The van der Waals surface area contributed by atoms with Gasteiger partial charge in [0.25, 0.3) is 5.91 Å². The van der Waals surface area contributed by atoms with Crippen LogP contribution in [0, 0.1) is 0 Å². The van der Waals surface area contributed by atoms with Crippen molar-refractivity contribution >= 4 is 5.91 Å². The van der Waals surface area contributed by atoms with Crippen LogP contribution >= 0.6 is 0 Å². The Morgan fingerprint density at radius 3 is 3.00 bits per heavy atom. The predicted molar refractivity (Wildman–Crippen MR) is 79.8 cm³/mol. The number of aromatic nitrogens is 1. The SMILES string of the molecule is CCn1cccc1C(=O)N1CCCCC1C1CCCN1. The molecular formula is C16H25N3O. The van der Waals surface area contributed by atoms with Gasteiger partial charge in [0.15, 0.2) is 0 Å². The number of rotatable bonds is 3. The molecule has 2 unspecified atom stereocenters. The second kappa shape index (κ2) is 6.00. The summed E-state index contributed by atoms with van der Waals surface area (Å²) in [5.41, 5.74) is 0.845. The average Bonchev–Trinajstić information content (AvgIpc) is 3.17. The van der Waals surface area contributed by atoms with E-state index in [4.69, 9.17) is 0 Å². The Morgan fingerprint density at radius 2 is 2.25 bits per heavy atom. The van der Waals surface area contributed by atoms with Crippen LogP contribution in [0.4, 0.5) is 0 Å². The number of hydrogen-bond donors (Lipinski definition) is 1. The van der Waals surface area contributed by atoms with Crippen LogP contribution in [0.25, 0.3) is 0 Å². The summed E-state index contributed by atoms with van der Waals surface area (Å²) in [5.74, 6) is 0.218. The summed E-state index contributed by atoms with van der Waals surface area (Å²) >= 11 is 0. The van der Waals surface area contributed by atoms with Crippen LogP contribution in [0.3, 0.4) is 0 Å². The lowest BCUT2D eigenvalue weighted by molar-refractivity contribution is 0.0553. The smallest absolute Gasteiger partial charge is 0.270 e. The van der Waals surface area contributed by atoms with E-state index >= 15 is 0 Å². The fourth-order valence-corrected chi connectivity index (χ4v) is 3.70. The van der Waals surface area contributed by atoms with Gasteiger partial charge in [0, 0.05) is 31.4 Å². The molecule has 4 nitrogen and oxygen atoms in total. The summed E-state index contributed by atoms with van der Waals surface area (Å²) in [7, 11) is 0. The number of nitrogens with zero attached hydrogens (tertiary/aromatic N) is 2. The van der Waals surface area contributed by atoms with Gasteiger partial charge in [0.05, 0.1) is 0 Å². The van der Waals surface area contributed by atoms with E-state index in [1.807, 2.05) is 18.3 Å². The molecule has 2 fully saturated rings. The molecule has 2 aliphatic heterocycles. The van der Waals surface area contributed by atoms with Crippen molar-refractivity contribution in [1.82, 2.24) is 14.8 Å². The van der Waals surface area contributed by atoms with Crippen molar-refractivity contribution in [2.45, 2.75) is 57.7 Å². The maximum Gasteiger partial charge on any atom is 0.270 e. The Balaban J connectivity index is 1.80. The van der Waals surface area contributed by atoms with E-state index in [1.54, 1.807) is 0 Å². The van der Waals surface area contributed by atoms with Gasteiger partial charge in [-0.2, -0.15) is 0 Å². The molecule has 2 aliphatic rings. The molecule has 0 radical (unpaired) electrons. The molecule has 110 valence electrons. The second-order valence-corrected chi connectivity index (χ2v) is 5.94. The normalized spacial score (nSPS) is 26.9. The van der Waals surface area contributed by atoms with Crippen molar-refractivity contribution in [2.24, 2.45) is 0 Å². The third-order valence-corrected chi connectivity index (χ3v) is 4.76. The van der Waals surface area contributed by atoms with Crippen molar-refractivity contribution < 1.29 is 4.79 Å². The Hall–Kier alpha value is -1.29. The van der Waals surface area contributed by atoms with E-state index in [0.717, 1.165) is 38.2 Å². The van der Waals surface area contributed by atoms with Crippen molar-refractivity contribution in [3.8, 4) is 0 Å². The molecule has 2 atom stereocenters. The molecule has 1 N–H and O–H groups in total. The molecule has 0 saturated carbocycles. The number of nitrogens with one attached hydrogen (secondary N) is 1. The summed E-state index contributed by atoms with van der Waals surface area (Å²) in [4.78, 5) is 15.0. The zero-order valence-electron chi connectivity index (χ0n) is 12.3. The van der Waals surface area contributed by atoms with Crippen molar-refractivity contribution in [2.75, 3.05) is 13.1 Å². The number of aryl methyl sites for hydroxylation is 1. The number of carbonyl (C=O) groups excluding carboxylic acids is 1. The summed E-state index contributed by atoms with van der Waals surface area (Å²) in [5, 5.41) is 3.58. The van der Waals surface area contributed by atoms with Crippen LogP contribution in [0.1, 0.15) is 49.5 Å². The minimum absolute atomic E-state index is 0.218. The Morgan fingerprint density at radius 1 is 1.35 bits per heavy atom. The average molecular weight is 275 g/mol. The lowest BCUT2D eigenvalue weighted by atomic mass is 9.94. The molecule has 2 saturated heterocycles. The summed E-state index contributed by atoms with van der Waals surface area (Å²) in [6, 6.07) is 4.83. The zero-order valence-corrected chi connectivity index (χ0v) is 12.3. The van der Waals surface area contributed by atoms with Gasteiger partial charge in [-0.1, -0.05) is 0 Å². The number of piperidine rings is 1. The number of hydrogen-bond acceptors (Lipinski definition) is 2. The monoisotopic (exact) mass is 275 g/mol. The molecule has 0 spiro atoms. The fourth-order valence-electron chi connectivity index (χ4n) is 3.70. The van der Waals surface area contributed by atoms with Gasteiger partial charge >= 0.3 is 0 Å². The van der Waals surface area contributed by atoms with E-state index in [2.05, 4.69) is 21.7 Å². The van der Waals surface area contributed by atoms with Gasteiger partial charge in [-0.05, 0) is 57.7 Å². The van der Waals surface area contributed by atoms with Gasteiger partial charge < -0.3 is 14.8 Å². The maximum atomic E-state index is 12.9. The zero-order chi connectivity index (χ0) is 13.9. The Bertz CT molecular complexity index is 462. The van der Waals surface area contributed by atoms with Crippen LogP contribution in [-0.2, 0) is 6.54 Å². The molecule has 0 aromatic carbocycles. The van der Waals surface area contributed by atoms with E-state index in [1.165, 1.54) is 19.3 Å². The maximum absolute atomic E-state index is 12.9. The van der Waals surface area contributed by atoms with Gasteiger partial charge in [0.1, 0.15) is 5.69 Å². The first kappa shape index (κ1) is 13.7. The van der Waals surface area contributed by atoms with Crippen LogP contribution in [-0.4, -0.2) is 40.5 Å². The highest BCUT2D eigenvalue weighted by Gasteiger charge is 2.35. The highest BCUT2D eigenvalue weighted by atomic mass is 16.2. The topological polar surface area (TPSA) is 37.3 Å². The first-order chi connectivity index (χ1) is 9.81. The molecular weight excluding hydrogens is 250 g/mol. The molecule has 3 rings (SSSR count). The Kier molecular flexibility index (Phi) is 4.10. The highest BCUT2D eigenvalue weighted by Crippen LogP contribution is 2.26. The van der Waals surface area contributed by atoms with Crippen molar-refractivity contribution in [3.63, 3.8) is 0 Å². The van der Waals surface area contributed by atoms with E-state index in [-0.39, 0.29) is 5.91 Å². The van der Waals surface area contributed by atoms with Gasteiger partial charge in [-0.25, -0.2) is 0 Å². The third kappa shape index (κ3) is 2.49. The van der Waals surface area contributed by atoms with Crippen LogP contribution in [0.2, 0.25) is 0 Å². The standard InChI is InChI=1S/C16H25N3O/c1-2-18-11-6-9-15(18)16(20)19-12-4-3-8-14(19)13-7-5-10-17-13/h6,9,11,13-14,17H,2-5,7-8,10,12H2,1H3. The quantitative estimate of drug-likeness (QED) is 0.918. The number of carbonyl (C=O) groups is 1. The van der Waals surface area contributed by atoms with Crippen LogP contribution in [0.15, 0.2) is 18.3 Å². The fraction of sp³-hybridized carbons (Fsp3) is 0.688. The lowest BCUT2D eigenvalue weighted by Gasteiger charge is -2.39. The predicted octanol–water partition coefficient (Wildman–Crippen LogP) is 2.25. The number of likely N-dealkylation sites (tertiary alicyclic amines) is 1. The van der Waals surface area contributed by atoms with Gasteiger partial charge in [0.2, 0.25) is 0 Å². The lowest BCUT2D eigenvalue weighted by Crippen LogP contribution is -2.52. The largest absolute Gasteiger partial charge is 0.344 e. The van der Waals surface area contributed by atoms with E-state index in [0.29, 0.717) is 12.1 Å². The summed E-state index contributed by atoms with van der Waals surface area (Å²) in [6.45, 7) is 4.96. The molecule has 4 heteroatoms. The molecule has 1 aromatic heterocycles. The first-order valence-corrected chi connectivity index (χ1v) is 8.00. The molecule has 1 amide bonds. The summed E-state index contributed by atoms with van der Waals surface area (Å²) < 4.78 is 2.05. The van der Waals surface area contributed by atoms with E-state index < -0.39 is 0 Å². The highest BCUT2D eigenvalue weighted by molar-refractivity contribution is 5.93. The van der Waals surface area contributed by atoms with E-state index in [9.17, 15) is 4.79 Å². The minimum Gasteiger partial charge on any atom is -0.344 e. The minimum atomic E-state index is 0.218. The first-order valence-electron chi connectivity index (χ1n) is 8.00. The molecule has 0 aliphatic carbocycles.